The number of aliphatic hydroxyl groups is 1. The number of fused-ring (bicyclic) bond motifs is 4. The second-order valence-electron chi connectivity index (χ2n) is 14.1. The van der Waals surface area contributed by atoms with Crippen molar-refractivity contribution in [3.05, 3.63) is 23.3 Å². The molecule has 0 spiro atoms. The molecule has 1 heteroatoms. The Labute approximate surface area is 199 Å². The molecule has 1 N–H and O–H groups in total. The van der Waals surface area contributed by atoms with Crippen molar-refractivity contribution in [3.63, 3.8) is 0 Å². The van der Waals surface area contributed by atoms with Gasteiger partial charge in [0.15, 0.2) is 0 Å². The van der Waals surface area contributed by atoms with Gasteiger partial charge in [-0.05, 0) is 110 Å². The Balaban J connectivity index is 1.62. The fourth-order valence-corrected chi connectivity index (χ4v) is 9.53. The highest BCUT2D eigenvalue weighted by atomic mass is 16.3. The summed E-state index contributed by atoms with van der Waals surface area (Å²) in [6, 6.07) is 0. The SMILES string of the molecule is C=C(CC[C@H](C)[C@H]1CC[C@]2(C)C3=C(CC[C@@]12C)[C@@]1(C)CC[C@H](O)C(C)(C)[C@@H]1CC3)C(C)C. The third kappa shape index (κ3) is 3.34. The van der Waals surface area contributed by atoms with E-state index >= 15 is 0 Å². The Hall–Kier alpha value is -0.560. The van der Waals surface area contributed by atoms with Gasteiger partial charge in [0.1, 0.15) is 0 Å². The Kier molecular flexibility index (Phi) is 6.14. The van der Waals surface area contributed by atoms with Crippen LogP contribution in [0.3, 0.4) is 0 Å². The molecule has 1 nitrogen and oxygen atoms in total. The minimum absolute atomic E-state index is 0.0404. The second-order valence-corrected chi connectivity index (χ2v) is 14.1. The third-order valence-corrected chi connectivity index (χ3v) is 12.2. The average molecular weight is 441 g/mol. The highest BCUT2D eigenvalue weighted by molar-refractivity contribution is 5.38. The van der Waals surface area contributed by atoms with E-state index in [1.807, 2.05) is 11.1 Å². The van der Waals surface area contributed by atoms with Crippen molar-refractivity contribution in [3.8, 4) is 0 Å². The Bertz CT molecular complexity index is 786. The molecule has 0 aromatic heterocycles. The average Bonchev–Trinajstić information content (AvgIpc) is 3.00. The number of hydrogen-bond acceptors (Lipinski definition) is 1. The van der Waals surface area contributed by atoms with Crippen molar-refractivity contribution in [1.29, 1.82) is 0 Å². The molecule has 0 bridgehead atoms. The summed E-state index contributed by atoms with van der Waals surface area (Å²) in [5, 5.41) is 10.8. The van der Waals surface area contributed by atoms with Gasteiger partial charge >= 0.3 is 0 Å². The van der Waals surface area contributed by atoms with Crippen molar-refractivity contribution in [1.82, 2.24) is 0 Å². The van der Waals surface area contributed by atoms with Crippen LogP contribution in [0.1, 0.15) is 120 Å². The molecule has 4 aliphatic carbocycles. The van der Waals surface area contributed by atoms with Crippen LogP contribution in [-0.2, 0) is 0 Å². The van der Waals surface area contributed by atoms with E-state index in [9.17, 15) is 5.11 Å². The quantitative estimate of drug-likeness (QED) is 0.424. The van der Waals surface area contributed by atoms with Gasteiger partial charge in [0, 0.05) is 0 Å². The van der Waals surface area contributed by atoms with Crippen molar-refractivity contribution in [2.24, 2.45) is 45.3 Å². The first-order valence-electron chi connectivity index (χ1n) is 13.9. The van der Waals surface area contributed by atoms with Crippen molar-refractivity contribution in [2.45, 2.75) is 126 Å². The van der Waals surface area contributed by atoms with E-state index < -0.39 is 0 Å². The fourth-order valence-electron chi connectivity index (χ4n) is 9.53. The topological polar surface area (TPSA) is 20.2 Å². The number of aliphatic hydroxyl groups excluding tert-OH is 1. The van der Waals surface area contributed by atoms with Crippen molar-refractivity contribution < 1.29 is 5.11 Å². The van der Waals surface area contributed by atoms with Crippen LogP contribution in [0.2, 0.25) is 0 Å². The number of allylic oxidation sites excluding steroid dienone is 3. The van der Waals surface area contributed by atoms with Crippen LogP contribution in [0.15, 0.2) is 23.3 Å². The largest absolute Gasteiger partial charge is 0.393 e. The highest BCUT2D eigenvalue weighted by Crippen LogP contribution is 2.72. The van der Waals surface area contributed by atoms with Crippen molar-refractivity contribution >= 4 is 0 Å². The monoisotopic (exact) mass is 440 g/mol. The van der Waals surface area contributed by atoms with Crippen LogP contribution in [0.4, 0.5) is 0 Å². The molecule has 32 heavy (non-hydrogen) atoms. The highest BCUT2D eigenvalue weighted by Gasteiger charge is 2.63. The maximum Gasteiger partial charge on any atom is 0.0594 e. The minimum Gasteiger partial charge on any atom is -0.393 e. The second kappa shape index (κ2) is 8.00. The summed E-state index contributed by atoms with van der Waals surface area (Å²) < 4.78 is 0. The van der Waals surface area contributed by atoms with E-state index in [2.05, 4.69) is 62.0 Å². The van der Waals surface area contributed by atoms with Gasteiger partial charge in [-0.25, -0.2) is 0 Å². The molecule has 0 amide bonds. The van der Waals surface area contributed by atoms with Gasteiger partial charge in [-0.15, -0.1) is 0 Å². The van der Waals surface area contributed by atoms with Crippen LogP contribution in [0.5, 0.6) is 0 Å². The lowest BCUT2D eigenvalue weighted by Crippen LogP contribution is -2.55. The molecule has 0 aliphatic heterocycles. The first-order chi connectivity index (χ1) is 14.8. The van der Waals surface area contributed by atoms with Crippen molar-refractivity contribution in [2.75, 3.05) is 0 Å². The van der Waals surface area contributed by atoms with Crippen LogP contribution < -0.4 is 0 Å². The zero-order valence-electron chi connectivity index (χ0n) is 22.6. The Morgan fingerprint density at radius 3 is 2.28 bits per heavy atom. The predicted octanol–water partition coefficient (Wildman–Crippen LogP) is 8.73. The summed E-state index contributed by atoms with van der Waals surface area (Å²) in [6.07, 6.45) is 12.6. The molecular formula is C31H52O. The fraction of sp³-hybridized carbons (Fsp3) is 0.871. The molecule has 182 valence electrons. The lowest BCUT2D eigenvalue weighted by molar-refractivity contribution is -0.0962. The van der Waals surface area contributed by atoms with E-state index in [0.29, 0.717) is 28.1 Å². The molecular weight excluding hydrogens is 388 g/mol. The molecule has 0 heterocycles. The summed E-state index contributed by atoms with van der Waals surface area (Å²) in [5.74, 6) is 2.87. The minimum atomic E-state index is -0.135. The van der Waals surface area contributed by atoms with Gasteiger partial charge in [-0.3, -0.25) is 0 Å². The van der Waals surface area contributed by atoms with Gasteiger partial charge in [0.05, 0.1) is 6.10 Å². The lowest BCUT2D eigenvalue weighted by Gasteiger charge is -2.62. The van der Waals surface area contributed by atoms with E-state index in [1.54, 1.807) is 0 Å². The van der Waals surface area contributed by atoms with Crippen LogP contribution in [-0.4, -0.2) is 11.2 Å². The molecule has 2 fully saturated rings. The normalized spacial score (nSPS) is 44.1. The molecule has 0 radical (unpaired) electrons. The lowest BCUT2D eigenvalue weighted by atomic mass is 9.43. The maximum atomic E-state index is 10.8. The van der Waals surface area contributed by atoms with E-state index in [-0.39, 0.29) is 11.5 Å². The van der Waals surface area contributed by atoms with Gasteiger partial charge in [0.2, 0.25) is 0 Å². The molecule has 2 saturated carbocycles. The molecule has 0 aromatic rings. The molecule has 0 saturated heterocycles. The maximum absolute atomic E-state index is 10.8. The molecule has 4 rings (SSSR count). The summed E-state index contributed by atoms with van der Waals surface area (Å²) in [5.41, 5.74) is 6.32. The first kappa shape index (κ1) is 24.6. The molecule has 0 unspecified atom stereocenters. The summed E-state index contributed by atoms with van der Waals surface area (Å²) in [4.78, 5) is 0. The summed E-state index contributed by atoms with van der Waals surface area (Å²) >= 11 is 0. The predicted molar refractivity (Wildman–Crippen MR) is 137 cm³/mol. The zero-order chi connectivity index (χ0) is 23.7. The Morgan fingerprint density at radius 1 is 0.938 bits per heavy atom. The van der Waals surface area contributed by atoms with Gasteiger partial charge in [-0.1, -0.05) is 78.7 Å². The zero-order valence-corrected chi connectivity index (χ0v) is 22.6. The van der Waals surface area contributed by atoms with E-state index in [1.165, 1.54) is 63.4 Å². The molecule has 7 atom stereocenters. The van der Waals surface area contributed by atoms with Gasteiger partial charge < -0.3 is 5.11 Å². The van der Waals surface area contributed by atoms with Crippen LogP contribution in [0, 0.1) is 45.3 Å². The summed E-state index contributed by atoms with van der Waals surface area (Å²) in [6.45, 7) is 24.1. The molecule has 0 aromatic carbocycles. The number of rotatable bonds is 5. The van der Waals surface area contributed by atoms with Crippen LogP contribution in [0.25, 0.3) is 0 Å². The van der Waals surface area contributed by atoms with Crippen LogP contribution >= 0.6 is 0 Å². The first-order valence-corrected chi connectivity index (χ1v) is 13.9. The smallest absolute Gasteiger partial charge is 0.0594 e. The summed E-state index contributed by atoms with van der Waals surface area (Å²) in [7, 11) is 0. The number of hydrogen-bond donors (Lipinski definition) is 1. The van der Waals surface area contributed by atoms with E-state index in [0.717, 1.165) is 18.3 Å². The Morgan fingerprint density at radius 2 is 1.62 bits per heavy atom. The molecule has 4 aliphatic rings. The standard InChI is InChI=1S/C31H52O/c1-20(2)21(3)10-11-22(4)23-14-18-31(9)25-12-13-26-28(5,6)27(32)16-17-29(26,7)24(25)15-19-30(23,31)8/h20,22-23,26-27,32H,3,10-19H2,1-2,4-9H3/t22-,23+,26-,27-,29+,30-,31+/m0/s1. The van der Waals surface area contributed by atoms with Gasteiger partial charge in [-0.2, -0.15) is 0 Å². The third-order valence-electron chi connectivity index (χ3n) is 12.2. The van der Waals surface area contributed by atoms with Gasteiger partial charge in [0.25, 0.3) is 0 Å². The van der Waals surface area contributed by atoms with E-state index in [4.69, 9.17) is 0 Å².